The molecule has 72 valence electrons. The van der Waals surface area contributed by atoms with Gasteiger partial charge in [0.2, 0.25) is 0 Å². The molecule has 0 aromatic heterocycles. The Labute approximate surface area is 93.0 Å². The molecule has 0 aliphatic heterocycles. The standard InChI is InChI=1S/C6H11NO4S.Zn/c1-12-3-2-4(5(8)9)7-6(10)11;/h4,7H,2-3H2,1H3,(H,8,9)(H,10,11);/t4-;/m0./s1. The third-order valence-electron chi connectivity index (χ3n) is 1.21. The van der Waals surface area contributed by atoms with Crippen LogP contribution in [0, 0.1) is 0 Å². The van der Waals surface area contributed by atoms with Gasteiger partial charge in [0.05, 0.1) is 0 Å². The smallest absolute Gasteiger partial charge is 0.405 e. The molecule has 5 nitrogen and oxygen atoms in total. The predicted molar refractivity (Wildman–Crippen MR) is 45.6 cm³/mol. The summed E-state index contributed by atoms with van der Waals surface area (Å²) in [6.07, 6.45) is 0.839. The van der Waals surface area contributed by atoms with Crippen molar-refractivity contribution in [3.63, 3.8) is 0 Å². The zero-order chi connectivity index (χ0) is 9.56. The Morgan fingerprint density at radius 2 is 2.00 bits per heavy atom. The van der Waals surface area contributed by atoms with E-state index in [1.54, 1.807) is 0 Å². The molecule has 0 aliphatic carbocycles. The molecule has 0 bridgehead atoms. The summed E-state index contributed by atoms with van der Waals surface area (Å²) in [7, 11) is 0. The summed E-state index contributed by atoms with van der Waals surface area (Å²) >= 11 is 1.48. The van der Waals surface area contributed by atoms with E-state index >= 15 is 0 Å². The second kappa shape index (κ2) is 8.32. The van der Waals surface area contributed by atoms with Gasteiger partial charge in [-0.25, -0.2) is 9.59 Å². The quantitative estimate of drug-likeness (QED) is 0.624. The van der Waals surface area contributed by atoms with Gasteiger partial charge in [-0.05, 0) is 18.4 Å². The van der Waals surface area contributed by atoms with E-state index in [-0.39, 0.29) is 19.5 Å². The third-order valence-corrected chi connectivity index (χ3v) is 1.85. The molecule has 0 spiro atoms. The molecule has 1 amide bonds. The maximum Gasteiger partial charge on any atom is 0.405 e. The number of carbonyl (C=O) groups is 2. The first-order valence-corrected chi connectivity index (χ1v) is 4.68. The maximum atomic E-state index is 10.4. The van der Waals surface area contributed by atoms with Crippen LogP contribution in [0.15, 0.2) is 0 Å². The first-order valence-electron chi connectivity index (χ1n) is 3.29. The van der Waals surface area contributed by atoms with Crippen molar-refractivity contribution in [2.45, 2.75) is 12.5 Å². The number of amides is 1. The van der Waals surface area contributed by atoms with Crippen LogP contribution >= 0.6 is 11.8 Å². The van der Waals surface area contributed by atoms with E-state index in [2.05, 4.69) is 0 Å². The Hall–Kier alpha value is -0.287. The Kier molecular flexibility index (Phi) is 9.72. The topological polar surface area (TPSA) is 86.6 Å². The number of rotatable bonds is 5. The number of hydrogen-bond donors (Lipinski definition) is 3. The van der Waals surface area contributed by atoms with Gasteiger partial charge in [-0.3, -0.25) is 0 Å². The SMILES string of the molecule is CSCC[C@H](NC(=O)O)C(=O)O.[Zn]. The van der Waals surface area contributed by atoms with Crippen LogP contribution in [0.5, 0.6) is 0 Å². The molecule has 3 N–H and O–H groups in total. The summed E-state index contributed by atoms with van der Waals surface area (Å²) < 4.78 is 0. The van der Waals surface area contributed by atoms with Gasteiger partial charge in [-0.15, -0.1) is 0 Å². The summed E-state index contributed by atoms with van der Waals surface area (Å²) in [6, 6.07) is -0.991. The van der Waals surface area contributed by atoms with E-state index in [4.69, 9.17) is 10.2 Å². The van der Waals surface area contributed by atoms with E-state index in [9.17, 15) is 9.59 Å². The molecular weight excluding hydrogens is 248 g/mol. The molecular formula is C6H11NO4SZn. The van der Waals surface area contributed by atoms with Gasteiger partial charge >= 0.3 is 12.1 Å². The van der Waals surface area contributed by atoms with Crippen LogP contribution in [-0.4, -0.2) is 40.3 Å². The fourth-order valence-corrected chi connectivity index (χ4v) is 1.11. The summed E-state index contributed by atoms with van der Waals surface area (Å²) in [5, 5.41) is 18.7. The number of thioether (sulfide) groups is 1. The van der Waals surface area contributed by atoms with Gasteiger partial charge in [-0.2, -0.15) is 11.8 Å². The Morgan fingerprint density at radius 1 is 1.46 bits per heavy atom. The number of nitrogens with one attached hydrogen (secondary N) is 1. The van der Waals surface area contributed by atoms with Gasteiger partial charge < -0.3 is 15.5 Å². The van der Waals surface area contributed by atoms with Crippen molar-refractivity contribution >= 4 is 23.8 Å². The minimum atomic E-state index is -1.30. The van der Waals surface area contributed by atoms with Crippen molar-refractivity contribution < 1.29 is 39.3 Å². The van der Waals surface area contributed by atoms with Crippen LogP contribution < -0.4 is 5.32 Å². The number of carboxylic acids is 1. The van der Waals surface area contributed by atoms with Crippen LogP contribution in [0.4, 0.5) is 4.79 Å². The molecule has 0 aromatic rings. The zero-order valence-corrected chi connectivity index (χ0v) is 11.1. The molecule has 0 saturated heterocycles. The minimum absolute atomic E-state index is 0. The van der Waals surface area contributed by atoms with Crippen LogP contribution in [-0.2, 0) is 24.3 Å². The molecule has 0 saturated carbocycles. The molecule has 1 atom stereocenters. The van der Waals surface area contributed by atoms with Crippen LogP contribution in [0.25, 0.3) is 0 Å². The average molecular weight is 259 g/mol. The molecule has 0 radical (unpaired) electrons. The van der Waals surface area contributed by atoms with E-state index < -0.39 is 18.1 Å². The van der Waals surface area contributed by atoms with Gasteiger partial charge in [0.1, 0.15) is 6.04 Å². The number of carboxylic acid groups (broad SMARTS) is 2. The third kappa shape index (κ3) is 8.05. The first kappa shape index (κ1) is 15.2. The maximum absolute atomic E-state index is 10.4. The van der Waals surface area contributed by atoms with Crippen LogP contribution in [0.3, 0.4) is 0 Å². The van der Waals surface area contributed by atoms with Crippen molar-refractivity contribution in [3.05, 3.63) is 0 Å². The van der Waals surface area contributed by atoms with E-state index in [1.807, 2.05) is 11.6 Å². The van der Waals surface area contributed by atoms with Gasteiger partial charge in [0.25, 0.3) is 0 Å². The first-order chi connectivity index (χ1) is 5.57. The Bertz CT molecular complexity index is 178. The largest absolute Gasteiger partial charge is 0.480 e. The summed E-state index contributed by atoms with van der Waals surface area (Å²) in [5.41, 5.74) is 0. The van der Waals surface area contributed by atoms with E-state index in [0.717, 1.165) is 0 Å². The van der Waals surface area contributed by atoms with Crippen molar-refractivity contribution in [2.24, 2.45) is 0 Å². The molecule has 0 heterocycles. The summed E-state index contributed by atoms with van der Waals surface area (Å²) in [4.78, 5) is 20.5. The monoisotopic (exact) mass is 257 g/mol. The predicted octanol–water partition coefficient (Wildman–Crippen LogP) is 0.458. The van der Waals surface area contributed by atoms with Gasteiger partial charge in [0, 0.05) is 19.5 Å². The van der Waals surface area contributed by atoms with Crippen LogP contribution in [0.1, 0.15) is 6.42 Å². The zero-order valence-electron chi connectivity index (χ0n) is 7.32. The molecule has 0 aliphatic rings. The Morgan fingerprint density at radius 3 is 2.31 bits per heavy atom. The molecule has 7 heteroatoms. The minimum Gasteiger partial charge on any atom is -0.480 e. The summed E-state index contributed by atoms with van der Waals surface area (Å²) in [6.45, 7) is 0. The molecule has 0 unspecified atom stereocenters. The molecule has 0 aromatic carbocycles. The fraction of sp³-hybridized carbons (Fsp3) is 0.667. The summed E-state index contributed by atoms with van der Waals surface area (Å²) in [5.74, 6) is -0.511. The molecule has 0 fully saturated rings. The van der Waals surface area contributed by atoms with Crippen LogP contribution in [0.2, 0.25) is 0 Å². The van der Waals surface area contributed by atoms with Crippen molar-refractivity contribution in [1.82, 2.24) is 5.32 Å². The van der Waals surface area contributed by atoms with Crippen molar-refractivity contribution in [3.8, 4) is 0 Å². The normalized spacial score (nSPS) is 11.2. The molecule has 0 rings (SSSR count). The van der Waals surface area contributed by atoms with E-state index in [0.29, 0.717) is 12.2 Å². The average Bonchev–Trinajstić information content (AvgIpc) is 1.96. The van der Waals surface area contributed by atoms with Crippen molar-refractivity contribution in [2.75, 3.05) is 12.0 Å². The fourth-order valence-electron chi connectivity index (χ4n) is 0.642. The van der Waals surface area contributed by atoms with Gasteiger partial charge in [0.15, 0.2) is 0 Å². The van der Waals surface area contributed by atoms with Crippen molar-refractivity contribution in [1.29, 1.82) is 0 Å². The Balaban J connectivity index is 0. The second-order valence-corrected chi connectivity index (χ2v) is 3.11. The van der Waals surface area contributed by atoms with E-state index in [1.165, 1.54) is 11.8 Å². The number of aliphatic carboxylic acids is 1. The second-order valence-electron chi connectivity index (χ2n) is 2.12. The van der Waals surface area contributed by atoms with Gasteiger partial charge in [-0.1, -0.05) is 0 Å². The molecule has 13 heavy (non-hydrogen) atoms. The number of hydrogen-bond acceptors (Lipinski definition) is 3.